The highest BCUT2D eigenvalue weighted by atomic mass is 32.1. The van der Waals surface area contributed by atoms with Crippen LogP contribution >= 0.6 is 11.3 Å². The highest BCUT2D eigenvalue weighted by molar-refractivity contribution is 7.17. The SMILES string of the molecule is COc1cc(-c2ccccc2)sc1C(=O)N1CCOC(CC(=O)O)C1. The van der Waals surface area contributed by atoms with E-state index in [-0.39, 0.29) is 18.9 Å². The maximum Gasteiger partial charge on any atom is 0.306 e. The number of carbonyl (C=O) groups excluding carboxylic acids is 1. The molecule has 1 unspecified atom stereocenters. The molecule has 0 aliphatic carbocycles. The van der Waals surface area contributed by atoms with Crippen LogP contribution in [0.2, 0.25) is 0 Å². The number of carboxylic acid groups (broad SMARTS) is 1. The molecule has 1 aromatic carbocycles. The van der Waals surface area contributed by atoms with Crippen molar-refractivity contribution >= 4 is 23.2 Å². The van der Waals surface area contributed by atoms with E-state index in [0.717, 1.165) is 10.4 Å². The normalized spacial score (nSPS) is 17.3. The number of aliphatic carboxylic acids is 1. The number of rotatable bonds is 5. The quantitative estimate of drug-likeness (QED) is 0.886. The summed E-state index contributed by atoms with van der Waals surface area (Å²) in [5, 5.41) is 8.92. The summed E-state index contributed by atoms with van der Waals surface area (Å²) in [6, 6.07) is 11.7. The Kier molecular flexibility index (Phi) is 5.35. The standard InChI is InChI=1S/C18H19NO5S/c1-23-14-10-15(12-5-3-2-4-6-12)25-17(14)18(22)19-7-8-24-13(11-19)9-16(20)21/h2-6,10,13H,7-9,11H2,1H3,(H,20,21). The van der Waals surface area contributed by atoms with Gasteiger partial charge < -0.3 is 19.5 Å². The number of benzene rings is 1. The number of ether oxygens (including phenoxy) is 2. The molecule has 132 valence electrons. The van der Waals surface area contributed by atoms with Gasteiger partial charge in [-0.25, -0.2) is 0 Å². The lowest BCUT2D eigenvalue weighted by molar-refractivity contribution is -0.141. The van der Waals surface area contributed by atoms with Gasteiger partial charge in [0, 0.05) is 18.0 Å². The van der Waals surface area contributed by atoms with Crippen LogP contribution in [0.5, 0.6) is 5.75 Å². The zero-order valence-corrected chi connectivity index (χ0v) is 14.6. The molecule has 1 aliphatic rings. The average Bonchev–Trinajstić information content (AvgIpc) is 3.06. The fourth-order valence-corrected chi connectivity index (χ4v) is 3.88. The second-order valence-electron chi connectivity index (χ2n) is 5.72. The molecule has 6 nitrogen and oxygen atoms in total. The first-order chi connectivity index (χ1) is 12.1. The predicted octanol–water partition coefficient (Wildman–Crippen LogP) is 2.74. The van der Waals surface area contributed by atoms with Crippen LogP contribution in [-0.4, -0.2) is 54.8 Å². The van der Waals surface area contributed by atoms with Crippen molar-refractivity contribution in [3.63, 3.8) is 0 Å². The second-order valence-corrected chi connectivity index (χ2v) is 6.77. The van der Waals surface area contributed by atoms with Crippen LogP contribution in [0.3, 0.4) is 0 Å². The van der Waals surface area contributed by atoms with Crippen molar-refractivity contribution in [2.45, 2.75) is 12.5 Å². The van der Waals surface area contributed by atoms with E-state index in [0.29, 0.717) is 23.8 Å². The van der Waals surface area contributed by atoms with Crippen LogP contribution in [0.25, 0.3) is 10.4 Å². The third-order valence-electron chi connectivity index (χ3n) is 4.00. The topological polar surface area (TPSA) is 76.1 Å². The molecule has 1 amide bonds. The predicted molar refractivity (Wildman–Crippen MR) is 94.2 cm³/mol. The van der Waals surface area contributed by atoms with Crippen LogP contribution in [0, 0.1) is 0 Å². The molecule has 2 aromatic rings. The molecule has 0 radical (unpaired) electrons. The summed E-state index contributed by atoms with van der Waals surface area (Å²) in [6.07, 6.45) is -0.588. The number of thiophene rings is 1. The van der Waals surface area contributed by atoms with Gasteiger partial charge in [0.05, 0.1) is 26.2 Å². The van der Waals surface area contributed by atoms with E-state index < -0.39 is 12.1 Å². The number of carboxylic acids is 1. The highest BCUT2D eigenvalue weighted by Gasteiger charge is 2.29. The summed E-state index contributed by atoms with van der Waals surface area (Å²) >= 11 is 1.38. The Hall–Kier alpha value is -2.38. The van der Waals surface area contributed by atoms with Crippen molar-refractivity contribution in [2.75, 3.05) is 26.8 Å². The van der Waals surface area contributed by atoms with E-state index in [2.05, 4.69) is 0 Å². The Morgan fingerprint density at radius 1 is 1.36 bits per heavy atom. The minimum atomic E-state index is -0.931. The first kappa shape index (κ1) is 17.4. The van der Waals surface area contributed by atoms with Gasteiger partial charge in [0.2, 0.25) is 0 Å². The van der Waals surface area contributed by atoms with E-state index in [9.17, 15) is 9.59 Å². The third kappa shape index (κ3) is 4.00. The van der Waals surface area contributed by atoms with Gasteiger partial charge in [-0.3, -0.25) is 9.59 Å². The van der Waals surface area contributed by atoms with Gasteiger partial charge in [-0.1, -0.05) is 30.3 Å². The number of amides is 1. The van der Waals surface area contributed by atoms with E-state index in [4.69, 9.17) is 14.6 Å². The summed E-state index contributed by atoms with van der Waals surface area (Å²) in [7, 11) is 1.54. The van der Waals surface area contributed by atoms with Gasteiger partial charge >= 0.3 is 5.97 Å². The van der Waals surface area contributed by atoms with Crippen molar-refractivity contribution in [3.05, 3.63) is 41.3 Å². The van der Waals surface area contributed by atoms with Crippen molar-refractivity contribution in [2.24, 2.45) is 0 Å². The van der Waals surface area contributed by atoms with Crippen LogP contribution in [0.4, 0.5) is 0 Å². The Morgan fingerprint density at radius 3 is 2.80 bits per heavy atom. The maximum absolute atomic E-state index is 12.9. The first-order valence-electron chi connectivity index (χ1n) is 7.94. The van der Waals surface area contributed by atoms with Crippen LogP contribution in [0.15, 0.2) is 36.4 Å². The molecule has 3 rings (SSSR count). The zero-order chi connectivity index (χ0) is 17.8. The van der Waals surface area contributed by atoms with Crippen LogP contribution < -0.4 is 4.74 Å². The molecule has 1 N–H and O–H groups in total. The number of hydrogen-bond acceptors (Lipinski definition) is 5. The summed E-state index contributed by atoms with van der Waals surface area (Å²) in [5.74, 6) is -0.544. The lowest BCUT2D eigenvalue weighted by atomic mass is 10.2. The lowest BCUT2D eigenvalue weighted by Gasteiger charge is -2.32. The number of nitrogens with zero attached hydrogens (tertiary/aromatic N) is 1. The largest absolute Gasteiger partial charge is 0.495 e. The van der Waals surface area contributed by atoms with Gasteiger partial charge in [0.15, 0.2) is 0 Å². The van der Waals surface area contributed by atoms with Crippen molar-refractivity contribution in [1.29, 1.82) is 0 Å². The van der Waals surface area contributed by atoms with E-state index in [1.807, 2.05) is 36.4 Å². The highest BCUT2D eigenvalue weighted by Crippen LogP contribution is 2.37. The molecule has 0 bridgehead atoms. The minimum Gasteiger partial charge on any atom is -0.495 e. The Bertz CT molecular complexity index is 758. The molecule has 1 fully saturated rings. The number of carbonyl (C=O) groups is 2. The summed E-state index contributed by atoms with van der Waals surface area (Å²) in [4.78, 5) is 26.9. The van der Waals surface area contributed by atoms with Gasteiger partial charge in [0.1, 0.15) is 10.6 Å². The first-order valence-corrected chi connectivity index (χ1v) is 8.76. The molecule has 0 saturated carbocycles. The van der Waals surface area contributed by atoms with E-state index in [1.54, 1.807) is 12.0 Å². The van der Waals surface area contributed by atoms with Crippen molar-refractivity contribution in [3.8, 4) is 16.2 Å². The summed E-state index contributed by atoms with van der Waals surface area (Å²) < 4.78 is 10.8. The Balaban J connectivity index is 1.82. The number of hydrogen-bond donors (Lipinski definition) is 1. The van der Waals surface area contributed by atoms with Gasteiger partial charge in [-0.15, -0.1) is 11.3 Å². The average molecular weight is 361 g/mol. The van der Waals surface area contributed by atoms with E-state index >= 15 is 0 Å². The molecule has 1 aliphatic heterocycles. The van der Waals surface area contributed by atoms with Crippen molar-refractivity contribution < 1.29 is 24.2 Å². The second kappa shape index (κ2) is 7.67. The molecule has 1 aromatic heterocycles. The summed E-state index contributed by atoms with van der Waals surface area (Å²) in [5.41, 5.74) is 1.02. The zero-order valence-electron chi connectivity index (χ0n) is 13.8. The van der Waals surface area contributed by atoms with Crippen LogP contribution in [-0.2, 0) is 9.53 Å². The molecular weight excluding hydrogens is 342 g/mol. The fourth-order valence-electron chi connectivity index (χ4n) is 2.79. The minimum absolute atomic E-state index is 0.110. The fraction of sp³-hybridized carbons (Fsp3) is 0.333. The van der Waals surface area contributed by atoms with Gasteiger partial charge in [-0.2, -0.15) is 0 Å². The monoisotopic (exact) mass is 361 g/mol. The maximum atomic E-state index is 12.9. The molecule has 1 atom stereocenters. The third-order valence-corrected chi connectivity index (χ3v) is 5.15. The molecule has 2 heterocycles. The van der Waals surface area contributed by atoms with Crippen LogP contribution in [0.1, 0.15) is 16.1 Å². The smallest absolute Gasteiger partial charge is 0.306 e. The Morgan fingerprint density at radius 2 is 2.12 bits per heavy atom. The van der Waals surface area contributed by atoms with Crippen molar-refractivity contribution in [1.82, 2.24) is 4.90 Å². The van der Waals surface area contributed by atoms with Gasteiger partial charge in [0.25, 0.3) is 5.91 Å². The molecular formula is C18H19NO5S. The molecule has 25 heavy (non-hydrogen) atoms. The Labute approximate surface area is 149 Å². The molecule has 1 saturated heterocycles. The number of morpholine rings is 1. The molecule has 7 heteroatoms. The molecule has 0 spiro atoms. The summed E-state index contributed by atoms with van der Waals surface area (Å²) in [6.45, 7) is 1.05. The lowest BCUT2D eigenvalue weighted by Crippen LogP contribution is -2.46. The van der Waals surface area contributed by atoms with Gasteiger partial charge in [-0.05, 0) is 11.6 Å². The number of methoxy groups -OCH3 is 1. The van der Waals surface area contributed by atoms with E-state index in [1.165, 1.54) is 11.3 Å².